The van der Waals surface area contributed by atoms with E-state index in [0.29, 0.717) is 0 Å². The zero-order chi connectivity index (χ0) is 10.8. The van der Waals surface area contributed by atoms with Crippen LogP contribution in [0.4, 0.5) is 0 Å². The molecule has 0 amide bonds. The van der Waals surface area contributed by atoms with Crippen LogP contribution in [0.5, 0.6) is 0 Å². The molecule has 0 aromatic carbocycles. The topological polar surface area (TPSA) is 0 Å². The SMILES string of the molecule is CC(C)CCC[CH]CCCCC(C)C. The molecule has 0 aromatic heterocycles. The summed E-state index contributed by atoms with van der Waals surface area (Å²) in [7, 11) is 0. The zero-order valence-corrected chi connectivity index (χ0v) is 10.7. The molecule has 0 N–H and O–H groups in total. The zero-order valence-electron chi connectivity index (χ0n) is 10.7. The molecule has 0 aliphatic carbocycles. The van der Waals surface area contributed by atoms with E-state index in [2.05, 4.69) is 34.1 Å². The van der Waals surface area contributed by atoms with Crippen LogP contribution in [0, 0.1) is 18.3 Å². The van der Waals surface area contributed by atoms with Gasteiger partial charge < -0.3 is 0 Å². The maximum absolute atomic E-state index is 2.49. The molecule has 0 aliphatic rings. The molecule has 0 unspecified atom stereocenters. The maximum Gasteiger partial charge on any atom is -0.0386 e. The maximum atomic E-state index is 2.49. The van der Waals surface area contributed by atoms with Crippen molar-refractivity contribution < 1.29 is 0 Å². The number of hydrogen-bond donors (Lipinski definition) is 0. The van der Waals surface area contributed by atoms with Crippen LogP contribution in [-0.4, -0.2) is 0 Å². The van der Waals surface area contributed by atoms with Crippen LogP contribution in [-0.2, 0) is 0 Å². The van der Waals surface area contributed by atoms with Crippen molar-refractivity contribution in [3.63, 3.8) is 0 Å². The third-order valence-corrected chi connectivity index (χ3v) is 2.63. The second-order valence-corrected chi connectivity index (χ2v) is 5.29. The van der Waals surface area contributed by atoms with Crippen LogP contribution in [0.2, 0.25) is 0 Å². The molecule has 0 nitrogen and oxygen atoms in total. The van der Waals surface area contributed by atoms with E-state index < -0.39 is 0 Å². The molecule has 1 radical (unpaired) electrons. The van der Waals surface area contributed by atoms with E-state index in [1.54, 1.807) is 0 Å². The normalized spacial score (nSPS) is 11.6. The molecule has 0 saturated heterocycles. The lowest BCUT2D eigenvalue weighted by molar-refractivity contribution is 0.523. The van der Waals surface area contributed by atoms with Gasteiger partial charge in [-0.15, -0.1) is 0 Å². The molecule has 0 heterocycles. The van der Waals surface area contributed by atoms with Gasteiger partial charge in [-0.3, -0.25) is 0 Å². The van der Waals surface area contributed by atoms with Crippen molar-refractivity contribution in [3.05, 3.63) is 6.42 Å². The summed E-state index contributed by atoms with van der Waals surface area (Å²) < 4.78 is 0. The first-order valence-electron chi connectivity index (χ1n) is 6.44. The second kappa shape index (κ2) is 9.55. The quantitative estimate of drug-likeness (QED) is 0.444. The van der Waals surface area contributed by atoms with Crippen LogP contribution >= 0.6 is 0 Å². The van der Waals surface area contributed by atoms with Crippen molar-refractivity contribution in [2.24, 2.45) is 11.8 Å². The van der Waals surface area contributed by atoms with Gasteiger partial charge in [0.15, 0.2) is 0 Å². The summed E-state index contributed by atoms with van der Waals surface area (Å²) in [6.45, 7) is 9.24. The fourth-order valence-corrected chi connectivity index (χ4v) is 1.66. The van der Waals surface area contributed by atoms with Crippen molar-refractivity contribution >= 4 is 0 Å². The Morgan fingerprint density at radius 3 is 1.79 bits per heavy atom. The summed E-state index contributed by atoms with van der Waals surface area (Å²) in [6, 6.07) is 0. The molecule has 0 heteroatoms. The van der Waals surface area contributed by atoms with Crippen LogP contribution in [0.3, 0.4) is 0 Å². The third-order valence-electron chi connectivity index (χ3n) is 2.63. The van der Waals surface area contributed by atoms with Gasteiger partial charge in [-0.05, 0) is 18.3 Å². The van der Waals surface area contributed by atoms with Gasteiger partial charge >= 0.3 is 0 Å². The number of hydrogen-bond acceptors (Lipinski definition) is 0. The van der Waals surface area contributed by atoms with Crippen molar-refractivity contribution in [2.45, 2.75) is 72.6 Å². The summed E-state index contributed by atoms with van der Waals surface area (Å²) in [5, 5.41) is 0. The molecular formula is C14H29. The van der Waals surface area contributed by atoms with Crippen LogP contribution in [0.1, 0.15) is 72.6 Å². The van der Waals surface area contributed by atoms with Gasteiger partial charge in [0.25, 0.3) is 0 Å². The predicted octanol–water partition coefficient (Wildman–Crippen LogP) is 5.23. The number of unbranched alkanes of at least 4 members (excludes halogenated alkanes) is 5. The first kappa shape index (κ1) is 14.0. The van der Waals surface area contributed by atoms with Crippen molar-refractivity contribution in [3.8, 4) is 0 Å². The standard InChI is InChI=1S/C14H29/c1-13(2)11-9-7-5-6-8-10-12-14(3)4/h5,13-14H,6-12H2,1-4H3. The van der Waals surface area contributed by atoms with Gasteiger partial charge in [0.2, 0.25) is 0 Å². The fraction of sp³-hybridized carbons (Fsp3) is 0.929. The largest absolute Gasteiger partial charge is 0.0628 e. The lowest BCUT2D eigenvalue weighted by atomic mass is 10.0. The summed E-state index contributed by atoms with van der Waals surface area (Å²) >= 11 is 0. The average molecular weight is 197 g/mol. The summed E-state index contributed by atoms with van der Waals surface area (Å²) in [5.74, 6) is 1.76. The second-order valence-electron chi connectivity index (χ2n) is 5.29. The van der Waals surface area contributed by atoms with Gasteiger partial charge in [0.05, 0.1) is 0 Å². The van der Waals surface area contributed by atoms with Crippen LogP contribution in [0.25, 0.3) is 0 Å². The first-order valence-corrected chi connectivity index (χ1v) is 6.44. The van der Waals surface area contributed by atoms with E-state index in [4.69, 9.17) is 0 Å². The van der Waals surface area contributed by atoms with E-state index in [1.165, 1.54) is 44.9 Å². The highest BCUT2D eigenvalue weighted by atomic mass is 14.0. The lowest BCUT2D eigenvalue weighted by Crippen LogP contribution is -1.89. The van der Waals surface area contributed by atoms with Crippen molar-refractivity contribution in [1.82, 2.24) is 0 Å². The lowest BCUT2D eigenvalue weighted by Gasteiger charge is -2.05. The highest BCUT2D eigenvalue weighted by Crippen LogP contribution is 2.12. The van der Waals surface area contributed by atoms with Crippen molar-refractivity contribution in [2.75, 3.05) is 0 Å². The Labute approximate surface area is 91.5 Å². The van der Waals surface area contributed by atoms with E-state index in [9.17, 15) is 0 Å². The average Bonchev–Trinajstić information content (AvgIpc) is 2.08. The number of rotatable bonds is 9. The van der Waals surface area contributed by atoms with Gasteiger partial charge in [-0.1, -0.05) is 72.6 Å². The Morgan fingerprint density at radius 1 is 0.714 bits per heavy atom. The molecule has 0 aliphatic heterocycles. The molecule has 0 rings (SSSR count). The predicted molar refractivity (Wildman–Crippen MR) is 66.3 cm³/mol. The van der Waals surface area contributed by atoms with Crippen LogP contribution in [0.15, 0.2) is 0 Å². The minimum absolute atomic E-state index is 0.879. The monoisotopic (exact) mass is 197 g/mol. The highest BCUT2D eigenvalue weighted by Gasteiger charge is 1.96. The highest BCUT2D eigenvalue weighted by molar-refractivity contribution is 4.65. The molecule has 14 heavy (non-hydrogen) atoms. The Bertz CT molecular complexity index is 88.6. The summed E-state index contributed by atoms with van der Waals surface area (Å²) in [6.07, 6.45) is 12.2. The smallest absolute Gasteiger partial charge is 0.0386 e. The molecule has 0 spiro atoms. The Hall–Kier alpha value is 0. The minimum Gasteiger partial charge on any atom is -0.0628 e. The van der Waals surface area contributed by atoms with E-state index in [0.717, 1.165) is 11.8 Å². The van der Waals surface area contributed by atoms with Gasteiger partial charge in [0, 0.05) is 0 Å². The van der Waals surface area contributed by atoms with Gasteiger partial charge in [0.1, 0.15) is 0 Å². The third kappa shape index (κ3) is 12.0. The molecule has 85 valence electrons. The molecule has 0 fully saturated rings. The van der Waals surface area contributed by atoms with Gasteiger partial charge in [-0.2, -0.15) is 0 Å². The Morgan fingerprint density at radius 2 is 1.21 bits per heavy atom. The van der Waals surface area contributed by atoms with Crippen LogP contribution < -0.4 is 0 Å². The van der Waals surface area contributed by atoms with Gasteiger partial charge in [-0.25, -0.2) is 0 Å². The first-order chi connectivity index (χ1) is 6.63. The summed E-state index contributed by atoms with van der Waals surface area (Å²) in [4.78, 5) is 0. The summed E-state index contributed by atoms with van der Waals surface area (Å²) in [5.41, 5.74) is 0. The fourth-order valence-electron chi connectivity index (χ4n) is 1.66. The van der Waals surface area contributed by atoms with Crippen molar-refractivity contribution in [1.29, 1.82) is 0 Å². The van der Waals surface area contributed by atoms with E-state index >= 15 is 0 Å². The Kier molecular flexibility index (Phi) is 9.55. The Balaban J connectivity index is 2.92. The molecule has 0 bridgehead atoms. The molecule has 0 saturated carbocycles. The van der Waals surface area contributed by atoms with E-state index in [1.807, 2.05) is 0 Å². The minimum atomic E-state index is 0.879. The van der Waals surface area contributed by atoms with E-state index in [-0.39, 0.29) is 0 Å². The molecular weight excluding hydrogens is 168 g/mol. The molecule has 0 atom stereocenters. The molecule has 0 aromatic rings.